The Hall–Kier alpha value is -1.10. The van der Waals surface area contributed by atoms with E-state index in [1.807, 2.05) is 0 Å². The zero-order valence-electron chi connectivity index (χ0n) is 8.78. The number of amides is 1. The smallest absolute Gasteiger partial charge is 0.308 e. The number of carboxylic acid groups (broad SMARTS) is 1. The van der Waals surface area contributed by atoms with Gasteiger partial charge in [-0.05, 0) is 6.92 Å². The summed E-state index contributed by atoms with van der Waals surface area (Å²) in [5.74, 6) is -1.98. The third-order valence-corrected chi connectivity index (χ3v) is 2.21. The molecule has 0 aliphatic heterocycles. The van der Waals surface area contributed by atoms with Crippen LogP contribution in [-0.2, 0) is 9.59 Å². The van der Waals surface area contributed by atoms with Crippen molar-refractivity contribution in [2.45, 2.75) is 26.8 Å². The van der Waals surface area contributed by atoms with E-state index in [0.717, 1.165) is 0 Å². The maximum atomic E-state index is 11.3. The molecule has 0 rings (SSSR count). The van der Waals surface area contributed by atoms with Crippen molar-refractivity contribution in [3.8, 4) is 0 Å². The summed E-state index contributed by atoms with van der Waals surface area (Å²) in [6.07, 6.45) is 0. The first-order chi connectivity index (χ1) is 6.36. The van der Waals surface area contributed by atoms with Crippen LogP contribution >= 0.6 is 0 Å². The monoisotopic (exact) mass is 202 g/mol. The number of carbonyl (C=O) groups excluding carboxylic acids is 1. The normalized spacial score (nSPS) is 16.9. The molecule has 0 aromatic rings. The number of rotatable bonds is 5. The van der Waals surface area contributed by atoms with Crippen LogP contribution < -0.4 is 11.1 Å². The van der Waals surface area contributed by atoms with Gasteiger partial charge in [0.25, 0.3) is 0 Å². The molecule has 1 amide bonds. The van der Waals surface area contributed by atoms with Crippen molar-refractivity contribution in [3.05, 3.63) is 0 Å². The van der Waals surface area contributed by atoms with E-state index in [0.29, 0.717) is 0 Å². The summed E-state index contributed by atoms with van der Waals surface area (Å²) in [5.41, 5.74) is 5.53. The summed E-state index contributed by atoms with van der Waals surface area (Å²) >= 11 is 0. The summed E-state index contributed by atoms with van der Waals surface area (Å²) in [7, 11) is 0. The standard InChI is InChI=1S/C9H18N2O3/c1-5(9(13)14)4-11-8(12)6(2)7(3)10/h5-7H,4,10H2,1-3H3,(H,11,12)(H,13,14). The fourth-order valence-electron chi connectivity index (χ4n) is 0.741. The van der Waals surface area contributed by atoms with Gasteiger partial charge in [-0.15, -0.1) is 0 Å². The SMILES string of the molecule is CC(CNC(=O)C(C)C(C)N)C(=O)O. The van der Waals surface area contributed by atoms with Crippen molar-refractivity contribution in [2.75, 3.05) is 6.54 Å². The Labute approximate surface area is 83.7 Å². The van der Waals surface area contributed by atoms with E-state index < -0.39 is 11.9 Å². The Balaban J connectivity index is 3.91. The summed E-state index contributed by atoms with van der Waals surface area (Å²) in [6.45, 7) is 5.14. The van der Waals surface area contributed by atoms with Crippen LogP contribution in [-0.4, -0.2) is 29.6 Å². The lowest BCUT2D eigenvalue weighted by atomic mass is 10.0. The number of hydrogen-bond donors (Lipinski definition) is 3. The third kappa shape index (κ3) is 4.23. The Morgan fingerprint density at radius 1 is 1.36 bits per heavy atom. The summed E-state index contributed by atoms with van der Waals surface area (Å²) in [5, 5.41) is 11.1. The van der Waals surface area contributed by atoms with Crippen molar-refractivity contribution >= 4 is 11.9 Å². The van der Waals surface area contributed by atoms with Crippen molar-refractivity contribution in [3.63, 3.8) is 0 Å². The molecule has 0 saturated carbocycles. The van der Waals surface area contributed by atoms with E-state index in [9.17, 15) is 9.59 Å². The van der Waals surface area contributed by atoms with Crippen LogP contribution in [0.4, 0.5) is 0 Å². The van der Waals surface area contributed by atoms with Crippen molar-refractivity contribution in [1.29, 1.82) is 0 Å². The maximum absolute atomic E-state index is 11.3. The quantitative estimate of drug-likeness (QED) is 0.576. The molecule has 82 valence electrons. The molecular formula is C9H18N2O3. The van der Waals surface area contributed by atoms with Gasteiger partial charge >= 0.3 is 5.97 Å². The van der Waals surface area contributed by atoms with Gasteiger partial charge in [0.15, 0.2) is 0 Å². The van der Waals surface area contributed by atoms with E-state index >= 15 is 0 Å². The van der Waals surface area contributed by atoms with E-state index in [-0.39, 0.29) is 24.4 Å². The average molecular weight is 202 g/mol. The van der Waals surface area contributed by atoms with Gasteiger partial charge in [0.05, 0.1) is 5.92 Å². The van der Waals surface area contributed by atoms with E-state index in [4.69, 9.17) is 10.8 Å². The molecule has 0 fully saturated rings. The second kappa shape index (κ2) is 5.59. The maximum Gasteiger partial charge on any atom is 0.308 e. The molecule has 5 heteroatoms. The Kier molecular flexibility index (Phi) is 5.15. The average Bonchev–Trinajstić information content (AvgIpc) is 2.11. The zero-order valence-corrected chi connectivity index (χ0v) is 8.78. The third-order valence-electron chi connectivity index (χ3n) is 2.21. The van der Waals surface area contributed by atoms with Crippen LogP contribution in [0.25, 0.3) is 0 Å². The van der Waals surface area contributed by atoms with E-state index in [1.165, 1.54) is 0 Å². The molecule has 5 nitrogen and oxygen atoms in total. The lowest BCUT2D eigenvalue weighted by Crippen LogP contribution is -2.41. The molecule has 3 unspecified atom stereocenters. The van der Waals surface area contributed by atoms with Gasteiger partial charge < -0.3 is 16.2 Å². The second-order valence-corrected chi connectivity index (χ2v) is 3.63. The molecule has 3 atom stereocenters. The predicted molar refractivity (Wildman–Crippen MR) is 52.6 cm³/mol. The molecule has 0 aliphatic carbocycles. The van der Waals surface area contributed by atoms with Crippen molar-refractivity contribution in [1.82, 2.24) is 5.32 Å². The first-order valence-corrected chi connectivity index (χ1v) is 4.62. The second-order valence-electron chi connectivity index (χ2n) is 3.63. The van der Waals surface area contributed by atoms with Gasteiger partial charge in [-0.1, -0.05) is 13.8 Å². The van der Waals surface area contributed by atoms with Crippen molar-refractivity contribution < 1.29 is 14.7 Å². The molecule has 0 bridgehead atoms. The topological polar surface area (TPSA) is 92.4 Å². The lowest BCUT2D eigenvalue weighted by molar-refractivity contribution is -0.141. The number of carbonyl (C=O) groups is 2. The minimum absolute atomic E-state index is 0.144. The van der Waals surface area contributed by atoms with Crippen LogP contribution in [0.1, 0.15) is 20.8 Å². The molecule has 0 saturated heterocycles. The van der Waals surface area contributed by atoms with Crippen LogP contribution in [0.5, 0.6) is 0 Å². The predicted octanol–water partition coefficient (Wildman–Crippen LogP) is -0.193. The minimum atomic E-state index is -0.918. The highest BCUT2D eigenvalue weighted by Crippen LogP contribution is 2.00. The highest BCUT2D eigenvalue weighted by Gasteiger charge is 2.18. The van der Waals surface area contributed by atoms with Gasteiger partial charge in [0, 0.05) is 18.5 Å². The van der Waals surface area contributed by atoms with Crippen LogP contribution in [0.3, 0.4) is 0 Å². The lowest BCUT2D eigenvalue weighted by Gasteiger charge is -2.16. The molecule has 0 radical (unpaired) electrons. The Morgan fingerprint density at radius 2 is 1.86 bits per heavy atom. The van der Waals surface area contributed by atoms with Crippen LogP contribution in [0.2, 0.25) is 0 Å². The first-order valence-electron chi connectivity index (χ1n) is 4.62. The zero-order chi connectivity index (χ0) is 11.3. The van der Waals surface area contributed by atoms with E-state index in [1.54, 1.807) is 20.8 Å². The first kappa shape index (κ1) is 12.9. The molecule has 0 heterocycles. The summed E-state index contributed by atoms with van der Waals surface area (Å²) < 4.78 is 0. The largest absolute Gasteiger partial charge is 0.481 e. The van der Waals surface area contributed by atoms with Gasteiger partial charge in [-0.2, -0.15) is 0 Å². The summed E-state index contributed by atoms with van der Waals surface area (Å²) in [6, 6.07) is -0.227. The number of nitrogens with one attached hydrogen (secondary N) is 1. The molecule has 14 heavy (non-hydrogen) atoms. The van der Waals surface area contributed by atoms with Crippen molar-refractivity contribution in [2.24, 2.45) is 17.6 Å². The van der Waals surface area contributed by atoms with Gasteiger partial charge in [-0.3, -0.25) is 9.59 Å². The van der Waals surface area contributed by atoms with Gasteiger partial charge in [-0.25, -0.2) is 0 Å². The molecule has 0 aromatic heterocycles. The molecule has 0 aliphatic rings. The Morgan fingerprint density at radius 3 is 2.21 bits per heavy atom. The highest BCUT2D eigenvalue weighted by molar-refractivity contribution is 5.79. The highest BCUT2D eigenvalue weighted by atomic mass is 16.4. The molecule has 4 N–H and O–H groups in total. The van der Waals surface area contributed by atoms with Gasteiger partial charge in [0.2, 0.25) is 5.91 Å². The Bertz CT molecular complexity index is 216. The molecular weight excluding hydrogens is 184 g/mol. The fraction of sp³-hybridized carbons (Fsp3) is 0.778. The summed E-state index contributed by atoms with van der Waals surface area (Å²) in [4.78, 5) is 21.8. The van der Waals surface area contributed by atoms with Crippen LogP contribution in [0.15, 0.2) is 0 Å². The fourth-order valence-corrected chi connectivity index (χ4v) is 0.741. The molecule has 0 spiro atoms. The van der Waals surface area contributed by atoms with E-state index in [2.05, 4.69) is 5.32 Å². The minimum Gasteiger partial charge on any atom is -0.481 e. The van der Waals surface area contributed by atoms with Gasteiger partial charge in [0.1, 0.15) is 0 Å². The number of nitrogens with two attached hydrogens (primary N) is 1. The molecule has 0 aromatic carbocycles. The number of aliphatic carboxylic acids is 1. The number of carboxylic acids is 1. The van der Waals surface area contributed by atoms with Crippen LogP contribution in [0, 0.1) is 11.8 Å². The number of hydrogen-bond acceptors (Lipinski definition) is 3.